The minimum absolute atomic E-state index is 0.210. The van der Waals surface area contributed by atoms with Crippen LogP contribution in [0.5, 0.6) is 0 Å². The van der Waals surface area contributed by atoms with Crippen LogP contribution < -0.4 is 10.2 Å². The number of piperidine rings is 1. The van der Waals surface area contributed by atoms with Crippen molar-refractivity contribution < 1.29 is 8.42 Å². The molecule has 0 saturated carbocycles. The van der Waals surface area contributed by atoms with Gasteiger partial charge in [0.2, 0.25) is 0 Å². The molecule has 7 heteroatoms. The van der Waals surface area contributed by atoms with Crippen LogP contribution in [0.4, 0.5) is 11.6 Å². The first-order valence-corrected chi connectivity index (χ1v) is 9.93. The lowest BCUT2D eigenvalue weighted by molar-refractivity contribution is 0.521. The molecule has 6 nitrogen and oxygen atoms in total. The van der Waals surface area contributed by atoms with E-state index in [2.05, 4.69) is 20.2 Å². The Morgan fingerprint density at radius 1 is 1.17 bits per heavy atom. The second-order valence-electron chi connectivity index (χ2n) is 6.17. The lowest BCUT2D eigenvalue weighted by Crippen LogP contribution is -2.39. The third kappa shape index (κ3) is 3.84. The Morgan fingerprint density at radius 2 is 1.92 bits per heavy atom. The van der Waals surface area contributed by atoms with Gasteiger partial charge in [0, 0.05) is 37.3 Å². The molecular formula is C17H22N4O2S. The van der Waals surface area contributed by atoms with Crippen LogP contribution >= 0.6 is 0 Å². The fourth-order valence-corrected chi connectivity index (χ4v) is 3.74. The molecule has 0 atom stereocenters. The van der Waals surface area contributed by atoms with Crippen LogP contribution in [0.15, 0.2) is 41.4 Å². The maximum atomic E-state index is 11.9. The zero-order valence-electron chi connectivity index (χ0n) is 13.9. The molecule has 0 radical (unpaired) electrons. The van der Waals surface area contributed by atoms with E-state index in [1.54, 1.807) is 18.3 Å². The minimum atomic E-state index is -3.29. The number of nitrogens with one attached hydrogen (secondary N) is 1. The van der Waals surface area contributed by atoms with E-state index in [4.69, 9.17) is 0 Å². The third-order valence-electron chi connectivity index (χ3n) is 4.20. The Morgan fingerprint density at radius 3 is 2.58 bits per heavy atom. The van der Waals surface area contributed by atoms with Crippen molar-refractivity contribution in [2.75, 3.05) is 29.6 Å². The first-order chi connectivity index (χ1) is 11.4. The summed E-state index contributed by atoms with van der Waals surface area (Å²) in [6.07, 6.45) is 4.65. The fourth-order valence-electron chi connectivity index (χ4n) is 2.95. The van der Waals surface area contributed by atoms with E-state index in [9.17, 15) is 8.42 Å². The summed E-state index contributed by atoms with van der Waals surface area (Å²) in [5.74, 6) is 1.45. The van der Waals surface area contributed by atoms with Crippen molar-refractivity contribution in [3.63, 3.8) is 0 Å². The minimum Gasteiger partial charge on any atom is -0.366 e. The lowest BCUT2D eigenvalue weighted by Gasteiger charge is -2.33. The van der Waals surface area contributed by atoms with Gasteiger partial charge in [-0.25, -0.2) is 18.4 Å². The maximum absolute atomic E-state index is 11.9. The van der Waals surface area contributed by atoms with Crippen molar-refractivity contribution in [2.45, 2.75) is 30.7 Å². The summed E-state index contributed by atoms with van der Waals surface area (Å²) in [6.45, 7) is 3.76. The van der Waals surface area contributed by atoms with Gasteiger partial charge < -0.3 is 10.2 Å². The quantitative estimate of drug-likeness (QED) is 0.915. The zero-order valence-corrected chi connectivity index (χ0v) is 14.8. The Kier molecular flexibility index (Phi) is 4.71. The number of nitrogens with zero attached hydrogens (tertiary/aromatic N) is 3. The van der Waals surface area contributed by atoms with Gasteiger partial charge in [0.1, 0.15) is 16.5 Å². The molecule has 1 saturated heterocycles. The summed E-state index contributed by atoms with van der Waals surface area (Å²) >= 11 is 0. The van der Waals surface area contributed by atoms with Crippen LogP contribution in [0.25, 0.3) is 0 Å². The standard InChI is InChI=1S/C17H22N4O2S/c1-13-5-3-7-16(19-13)21-11-8-14(9-12-21)20-17-15(24(2,22)23)6-4-10-18-17/h3-7,10,14H,8-9,11-12H2,1-2H3,(H,18,20). The Balaban J connectivity index is 1.66. The largest absolute Gasteiger partial charge is 0.366 e. The van der Waals surface area contributed by atoms with Gasteiger partial charge in [-0.05, 0) is 44.0 Å². The highest BCUT2D eigenvalue weighted by atomic mass is 32.2. The molecule has 3 rings (SSSR count). The highest BCUT2D eigenvalue weighted by Gasteiger charge is 2.22. The van der Waals surface area contributed by atoms with Crippen LogP contribution in [0.3, 0.4) is 0 Å². The second kappa shape index (κ2) is 6.76. The van der Waals surface area contributed by atoms with Gasteiger partial charge in [-0.3, -0.25) is 0 Å². The van der Waals surface area contributed by atoms with E-state index in [0.717, 1.165) is 37.4 Å². The van der Waals surface area contributed by atoms with E-state index in [-0.39, 0.29) is 10.9 Å². The first kappa shape index (κ1) is 16.7. The smallest absolute Gasteiger partial charge is 0.179 e. The van der Waals surface area contributed by atoms with Crippen LogP contribution in [0, 0.1) is 6.92 Å². The fraction of sp³-hybridized carbons (Fsp3) is 0.412. The Hall–Kier alpha value is -2.15. The maximum Gasteiger partial charge on any atom is 0.179 e. The molecule has 1 fully saturated rings. The molecule has 0 spiro atoms. The van der Waals surface area contributed by atoms with Crippen molar-refractivity contribution >= 4 is 21.5 Å². The van der Waals surface area contributed by atoms with Gasteiger partial charge in [0.25, 0.3) is 0 Å². The van der Waals surface area contributed by atoms with Gasteiger partial charge in [-0.1, -0.05) is 6.07 Å². The monoisotopic (exact) mass is 346 g/mol. The summed E-state index contributed by atoms with van der Waals surface area (Å²) < 4.78 is 23.7. The third-order valence-corrected chi connectivity index (χ3v) is 5.33. The van der Waals surface area contributed by atoms with Gasteiger partial charge in [0.05, 0.1) is 0 Å². The molecule has 2 aromatic rings. The number of pyridine rings is 2. The summed E-state index contributed by atoms with van der Waals surface area (Å²) in [5, 5.41) is 3.30. The molecule has 1 N–H and O–H groups in total. The van der Waals surface area contributed by atoms with E-state index >= 15 is 0 Å². The molecule has 0 bridgehead atoms. The highest BCUT2D eigenvalue weighted by Crippen LogP contribution is 2.23. The average molecular weight is 346 g/mol. The van der Waals surface area contributed by atoms with Gasteiger partial charge in [-0.2, -0.15) is 0 Å². The molecule has 1 aliphatic heterocycles. The molecule has 24 heavy (non-hydrogen) atoms. The Bertz CT molecular complexity index is 815. The number of aryl methyl sites for hydroxylation is 1. The Labute approximate surface area is 142 Å². The van der Waals surface area contributed by atoms with Crippen LogP contribution in [0.2, 0.25) is 0 Å². The topological polar surface area (TPSA) is 75.2 Å². The SMILES string of the molecule is Cc1cccc(N2CCC(Nc3ncccc3S(C)(=O)=O)CC2)n1. The van der Waals surface area contributed by atoms with E-state index < -0.39 is 9.84 Å². The number of hydrogen-bond donors (Lipinski definition) is 1. The molecule has 1 aliphatic rings. The van der Waals surface area contributed by atoms with E-state index in [1.165, 1.54) is 6.26 Å². The van der Waals surface area contributed by atoms with Crippen molar-refractivity contribution in [3.8, 4) is 0 Å². The van der Waals surface area contributed by atoms with Gasteiger partial charge in [0.15, 0.2) is 9.84 Å². The molecule has 3 heterocycles. The van der Waals surface area contributed by atoms with Gasteiger partial charge >= 0.3 is 0 Å². The van der Waals surface area contributed by atoms with Crippen molar-refractivity contribution in [1.29, 1.82) is 0 Å². The van der Waals surface area contributed by atoms with Crippen molar-refractivity contribution in [1.82, 2.24) is 9.97 Å². The summed E-state index contributed by atoms with van der Waals surface area (Å²) in [4.78, 5) is 11.3. The molecule has 0 aromatic carbocycles. The van der Waals surface area contributed by atoms with Gasteiger partial charge in [-0.15, -0.1) is 0 Å². The number of rotatable bonds is 4. The average Bonchev–Trinajstić information content (AvgIpc) is 2.55. The molecule has 0 unspecified atom stereocenters. The van der Waals surface area contributed by atoms with Crippen molar-refractivity contribution in [2.24, 2.45) is 0 Å². The number of aromatic nitrogens is 2. The molecule has 0 aliphatic carbocycles. The summed E-state index contributed by atoms with van der Waals surface area (Å²) in [7, 11) is -3.29. The lowest BCUT2D eigenvalue weighted by atomic mass is 10.0. The molecule has 0 amide bonds. The van der Waals surface area contributed by atoms with Crippen LogP contribution in [-0.2, 0) is 9.84 Å². The predicted molar refractivity (Wildman–Crippen MR) is 95.2 cm³/mol. The van der Waals surface area contributed by atoms with Crippen LogP contribution in [0.1, 0.15) is 18.5 Å². The first-order valence-electron chi connectivity index (χ1n) is 8.04. The number of sulfone groups is 1. The predicted octanol–water partition coefficient (Wildman–Crippen LogP) is 2.27. The number of hydrogen-bond acceptors (Lipinski definition) is 6. The second-order valence-corrected chi connectivity index (χ2v) is 8.15. The molecule has 128 valence electrons. The van der Waals surface area contributed by atoms with Crippen LogP contribution in [-0.4, -0.2) is 43.8 Å². The van der Waals surface area contributed by atoms with Crippen molar-refractivity contribution in [3.05, 3.63) is 42.2 Å². The zero-order chi connectivity index (χ0) is 17.2. The summed E-state index contributed by atoms with van der Waals surface area (Å²) in [5.41, 5.74) is 1.01. The number of anilines is 2. The molecular weight excluding hydrogens is 324 g/mol. The van der Waals surface area contributed by atoms with E-state index in [1.807, 2.05) is 25.1 Å². The normalized spacial score (nSPS) is 16.2. The van der Waals surface area contributed by atoms with E-state index in [0.29, 0.717) is 5.82 Å². The molecule has 2 aromatic heterocycles. The highest BCUT2D eigenvalue weighted by molar-refractivity contribution is 7.90. The summed E-state index contributed by atoms with van der Waals surface area (Å²) in [6, 6.07) is 9.49.